The second-order valence-corrected chi connectivity index (χ2v) is 8.68. The number of nitrogens with one attached hydrogen (secondary N) is 2. The fourth-order valence-electron chi connectivity index (χ4n) is 3.78. The average molecular weight is 464 g/mol. The molecule has 0 saturated heterocycles. The van der Waals surface area contributed by atoms with Gasteiger partial charge in [0.25, 0.3) is 0 Å². The van der Waals surface area contributed by atoms with Crippen LogP contribution in [-0.2, 0) is 29.7 Å². The van der Waals surface area contributed by atoms with Crippen molar-refractivity contribution in [2.24, 2.45) is 7.05 Å². The summed E-state index contributed by atoms with van der Waals surface area (Å²) in [6.45, 7) is 7.65. The molecule has 1 heterocycles. The van der Waals surface area contributed by atoms with Crippen molar-refractivity contribution in [2.75, 3.05) is 0 Å². The number of rotatable bonds is 8. The highest BCUT2D eigenvalue weighted by Gasteiger charge is 2.25. The molecule has 3 rings (SSSR count). The van der Waals surface area contributed by atoms with E-state index in [4.69, 9.17) is 9.47 Å². The van der Waals surface area contributed by atoms with Crippen molar-refractivity contribution >= 4 is 12.2 Å². The zero-order valence-corrected chi connectivity index (χ0v) is 20.4. The Bertz CT molecular complexity index is 1020. The minimum Gasteiger partial charge on any atom is -0.443 e. The highest BCUT2D eigenvalue weighted by Crippen LogP contribution is 2.40. The standard InChI is InChI=1S/C27H33N3O4/c1-18(2)28-26(31)33-16-22-24(20-12-8-6-9-13-20)25(21-14-10-7-11-15-21)23(30(22)5)17-34-27(32)29-19(3)4/h6-15,18-19H,16-17H2,1-5H3,(H,28,31)(H,29,32). The Kier molecular flexibility index (Phi) is 8.35. The van der Waals surface area contributed by atoms with E-state index in [0.29, 0.717) is 0 Å². The molecular weight excluding hydrogens is 430 g/mol. The number of hydrogen-bond acceptors (Lipinski definition) is 4. The van der Waals surface area contributed by atoms with Gasteiger partial charge in [0.1, 0.15) is 13.2 Å². The number of amides is 2. The van der Waals surface area contributed by atoms with Crippen LogP contribution in [0.1, 0.15) is 39.1 Å². The molecule has 0 aliphatic carbocycles. The molecule has 0 aliphatic heterocycles. The Morgan fingerprint density at radius 1 is 0.706 bits per heavy atom. The fourth-order valence-corrected chi connectivity index (χ4v) is 3.78. The largest absolute Gasteiger partial charge is 0.443 e. The maximum atomic E-state index is 12.2. The summed E-state index contributed by atoms with van der Waals surface area (Å²) >= 11 is 0. The van der Waals surface area contributed by atoms with Gasteiger partial charge in [0.2, 0.25) is 0 Å². The predicted molar refractivity (Wildman–Crippen MR) is 133 cm³/mol. The predicted octanol–water partition coefficient (Wildman–Crippen LogP) is 5.63. The van der Waals surface area contributed by atoms with Gasteiger partial charge in [-0.25, -0.2) is 9.59 Å². The number of nitrogens with zero attached hydrogens (tertiary/aromatic N) is 1. The molecule has 0 unspecified atom stereocenters. The molecular formula is C27H33N3O4. The van der Waals surface area contributed by atoms with Gasteiger partial charge in [0.05, 0.1) is 11.4 Å². The Labute approximate surface area is 201 Å². The highest BCUT2D eigenvalue weighted by molar-refractivity contribution is 5.88. The number of alkyl carbamates (subject to hydrolysis) is 2. The average Bonchev–Trinajstić information content (AvgIpc) is 3.08. The minimum atomic E-state index is -0.481. The monoisotopic (exact) mass is 463 g/mol. The van der Waals surface area contributed by atoms with Gasteiger partial charge >= 0.3 is 12.2 Å². The normalized spacial score (nSPS) is 10.9. The first-order valence-corrected chi connectivity index (χ1v) is 11.5. The number of ether oxygens (including phenoxy) is 2. The van der Waals surface area contributed by atoms with E-state index >= 15 is 0 Å². The molecule has 0 atom stereocenters. The van der Waals surface area contributed by atoms with E-state index in [1.807, 2.05) is 100.0 Å². The van der Waals surface area contributed by atoms with Crippen LogP contribution in [0.5, 0.6) is 0 Å². The van der Waals surface area contributed by atoms with Gasteiger partial charge < -0.3 is 24.7 Å². The van der Waals surface area contributed by atoms with E-state index in [2.05, 4.69) is 10.6 Å². The molecule has 0 fully saturated rings. The van der Waals surface area contributed by atoms with Crippen LogP contribution < -0.4 is 10.6 Å². The van der Waals surface area contributed by atoms with Gasteiger partial charge in [0, 0.05) is 30.3 Å². The number of carbonyl (C=O) groups is 2. The van der Waals surface area contributed by atoms with E-state index in [1.165, 1.54) is 0 Å². The lowest BCUT2D eigenvalue weighted by atomic mass is 9.95. The zero-order chi connectivity index (χ0) is 24.7. The van der Waals surface area contributed by atoms with Crippen molar-refractivity contribution in [1.29, 1.82) is 0 Å². The third kappa shape index (κ3) is 6.19. The van der Waals surface area contributed by atoms with Crippen LogP contribution in [0.15, 0.2) is 60.7 Å². The van der Waals surface area contributed by atoms with E-state index in [9.17, 15) is 9.59 Å². The summed E-state index contributed by atoms with van der Waals surface area (Å²) in [4.78, 5) is 24.5. The number of benzene rings is 2. The quantitative estimate of drug-likeness (QED) is 0.454. The SMILES string of the molecule is CC(C)NC(=O)OCc1c(-c2ccccc2)c(-c2ccccc2)c(COC(=O)NC(C)C)n1C. The third-order valence-electron chi connectivity index (χ3n) is 5.25. The molecule has 2 aromatic carbocycles. The molecule has 7 nitrogen and oxygen atoms in total. The molecule has 0 saturated carbocycles. The van der Waals surface area contributed by atoms with Gasteiger partial charge in [-0.2, -0.15) is 0 Å². The van der Waals surface area contributed by atoms with Crippen molar-refractivity contribution < 1.29 is 19.1 Å². The molecule has 34 heavy (non-hydrogen) atoms. The smallest absolute Gasteiger partial charge is 0.407 e. The second-order valence-electron chi connectivity index (χ2n) is 8.68. The second kappa shape index (κ2) is 11.4. The number of carbonyl (C=O) groups excluding carboxylic acids is 2. The number of aromatic nitrogens is 1. The van der Waals surface area contributed by atoms with E-state index < -0.39 is 12.2 Å². The lowest BCUT2D eigenvalue weighted by Gasteiger charge is -2.13. The Morgan fingerprint density at radius 2 is 1.06 bits per heavy atom. The van der Waals surface area contributed by atoms with Gasteiger partial charge in [-0.1, -0.05) is 60.7 Å². The van der Waals surface area contributed by atoms with Gasteiger partial charge in [-0.3, -0.25) is 0 Å². The summed E-state index contributed by atoms with van der Waals surface area (Å²) in [5.41, 5.74) is 5.47. The first-order valence-electron chi connectivity index (χ1n) is 11.5. The molecule has 180 valence electrons. The summed E-state index contributed by atoms with van der Waals surface area (Å²) in [5.74, 6) is 0. The topological polar surface area (TPSA) is 81.6 Å². The van der Waals surface area contributed by atoms with Crippen LogP contribution in [-0.4, -0.2) is 28.8 Å². The van der Waals surface area contributed by atoms with Crippen LogP contribution in [0.2, 0.25) is 0 Å². The van der Waals surface area contributed by atoms with Gasteiger partial charge in [-0.05, 0) is 38.8 Å². The highest BCUT2D eigenvalue weighted by atomic mass is 16.6. The summed E-state index contributed by atoms with van der Waals surface area (Å²) in [7, 11) is 1.90. The Hall–Kier alpha value is -3.74. The van der Waals surface area contributed by atoms with Crippen LogP contribution in [0, 0.1) is 0 Å². The van der Waals surface area contributed by atoms with Gasteiger partial charge in [0.15, 0.2) is 0 Å². The first kappa shape index (κ1) is 24.9. The third-order valence-corrected chi connectivity index (χ3v) is 5.25. The van der Waals surface area contributed by atoms with Crippen molar-refractivity contribution in [3.05, 3.63) is 72.1 Å². The summed E-state index contributed by atoms with van der Waals surface area (Å²) in [6, 6.07) is 19.8. The molecule has 7 heteroatoms. The van der Waals surface area contributed by atoms with Crippen LogP contribution in [0.4, 0.5) is 9.59 Å². The Morgan fingerprint density at radius 3 is 1.38 bits per heavy atom. The van der Waals surface area contributed by atoms with E-state index in [0.717, 1.165) is 33.6 Å². The molecule has 3 aromatic rings. The molecule has 2 amide bonds. The maximum absolute atomic E-state index is 12.2. The first-order chi connectivity index (χ1) is 16.3. The number of hydrogen-bond donors (Lipinski definition) is 2. The van der Waals surface area contributed by atoms with Crippen molar-refractivity contribution in [3.8, 4) is 22.3 Å². The van der Waals surface area contributed by atoms with Crippen LogP contribution in [0.3, 0.4) is 0 Å². The molecule has 0 spiro atoms. The van der Waals surface area contributed by atoms with Crippen molar-refractivity contribution in [2.45, 2.75) is 53.0 Å². The lowest BCUT2D eigenvalue weighted by molar-refractivity contribution is 0.132. The summed E-state index contributed by atoms with van der Waals surface area (Å²) in [5, 5.41) is 5.51. The van der Waals surface area contributed by atoms with E-state index in [-0.39, 0.29) is 25.3 Å². The van der Waals surface area contributed by atoms with Crippen molar-refractivity contribution in [1.82, 2.24) is 15.2 Å². The molecule has 2 N–H and O–H groups in total. The zero-order valence-electron chi connectivity index (χ0n) is 20.4. The Balaban J connectivity index is 2.11. The molecule has 0 aliphatic rings. The van der Waals surface area contributed by atoms with Gasteiger partial charge in [-0.15, -0.1) is 0 Å². The lowest BCUT2D eigenvalue weighted by Crippen LogP contribution is -2.31. The van der Waals surface area contributed by atoms with Crippen LogP contribution in [0.25, 0.3) is 22.3 Å². The van der Waals surface area contributed by atoms with Crippen LogP contribution >= 0.6 is 0 Å². The summed E-state index contributed by atoms with van der Waals surface area (Å²) in [6.07, 6.45) is -0.962. The molecule has 1 aromatic heterocycles. The maximum Gasteiger partial charge on any atom is 0.407 e. The fraction of sp³-hybridized carbons (Fsp3) is 0.333. The molecule has 0 radical (unpaired) electrons. The minimum absolute atomic E-state index is 0.0298. The molecule has 0 bridgehead atoms. The van der Waals surface area contributed by atoms with E-state index in [1.54, 1.807) is 0 Å². The van der Waals surface area contributed by atoms with Crippen molar-refractivity contribution in [3.63, 3.8) is 0 Å². The summed E-state index contributed by atoms with van der Waals surface area (Å²) < 4.78 is 13.1.